The van der Waals surface area contributed by atoms with Crippen molar-refractivity contribution in [2.45, 2.75) is 57.4 Å². The van der Waals surface area contributed by atoms with Gasteiger partial charge in [-0.05, 0) is 43.9 Å². The highest BCUT2D eigenvalue weighted by Crippen LogP contribution is 2.35. The highest BCUT2D eigenvalue weighted by Gasteiger charge is 2.37. The number of hydrogen-bond acceptors (Lipinski definition) is 5. The third-order valence-electron chi connectivity index (χ3n) is 4.46. The second kappa shape index (κ2) is 6.64. The first kappa shape index (κ1) is 17.1. The Morgan fingerprint density at radius 2 is 1.92 bits per heavy atom. The SMILES string of the molecule is Cc1ccc(C)c(S(=O)(=O)N2CCCCCC2c2nnc(C)o2)c1. The summed E-state index contributed by atoms with van der Waals surface area (Å²) in [4.78, 5) is 0.366. The van der Waals surface area contributed by atoms with Crippen molar-refractivity contribution in [1.29, 1.82) is 0 Å². The summed E-state index contributed by atoms with van der Waals surface area (Å²) in [7, 11) is -3.62. The van der Waals surface area contributed by atoms with E-state index in [1.54, 1.807) is 17.3 Å². The fourth-order valence-electron chi connectivity index (χ4n) is 3.17. The first-order valence-corrected chi connectivity index (χ1v) is 9.72. The molecule has 0 spiro atoms. The standard InChI is InChI=1S/C17H23N3O3S/c1-12-8-9-13(2)16(11-12)24(21,22)20-10-6-4-5-7-15(20)17-19-18-14(3)23-17/h8-9,11,15H,4-7,10H2,1-3H3. The van der Waals surface area contributed by atoms with Gasteiger partial charge in [0.1, 0.15) is 6.04 Å². The molecule has 0 amide bonds. The molecule has 2 heterocycles. The molecule has 0 saturated carbocycles. The molecule has 130 valence electrons. The van der Waals surface area contributed by atoms with Gasteiger partial charge in [0.25, 0.3) is 0 Å². The molecule has 6 nitrogen and oxygen atoms in total. The van der Waals surface area contributed by atoms with Crippen molar-refractivity contribution in [3.63, 3.8) is 0 Å². The summed E-state index contributed by atoms with van der Waals surface area (Å²) in [5.41, 5.74) is 1.68. The van der Waals surface area contributed by atoms with Crippen LogP contribution in [0.1, 0.15) is 54.6 Å². The quantitative estimate of drug-likeness (QED) is 0.850. The molecule has 1 aromatic heterocycles. The van der Waals surface area contributed by atoms with Crippen molar-refractivity contribution >= 4 is 10.0 Å². The zero-order chi connectivity index (χ0) is 17.3. The van der Waals surface area contributed by atoms with Crippen LogP contribution in [-0.4, -0.2) is 29.5 Å². The molecule has 3 rings (SSSR count). The molecular formula is C17H23N3O3S. The van der Waals surface area contributed by atoms with Gasteiger partial charge in [0.05, 0.1) is 4.90 Å². The number of benzene rings is 1. The third-order valence-corrected chi connectivity index (χ3v) is 6.51. The Kier molecular flexibility index (Phi) is 4.73. The predicted octanol–water partition coefficient (Wildman–Crippen LogP) is 3.30. The van der Waals surface area contributed by atoms with Crippen molar-refractivity contribution in [2.24, 2.45) is 0 Å². The Balaban J connectivity index is 2.06. The number of sulfonamides is 1. The van der Waals surface area contributed by atoms with E-state index in [-0.39, 0.29) is 0 Å². The van der Waals surface area contributed by atoms with E-state index in [0.29, 0.717) is 29.6 Å². The smallest absolute Gasteiger partial charge is 0.244 e. The molecule has 7 heteroatoms. The van der Waals surface area contributed by atoms with Crippen molar-refractivity contribution in [3.8, 4) is 0 Å². The Bertz CT molecular complexity index is 829. The highest BCUT2D eigenvalue weighted by atomic mass is 32.2. The molecule has 24 heavy (non-hydrogen) atoms. The van der Waals surface area contributed by atoms with Crippen LogP contribution < -0.4 is 0 Å². The summed E-state index contributed by atoms with van der Waals surface area (Å²) in [6.45, 7) is 5.92. The lowest BCUT2D eigenvalue weighted by Gasteiger charge is -2.27. The van der Waals surface area contributed by atoms with Gasteiger partial charge in [-0.1, -0.05) is 25.0 Å². The Hall–Kier alpha value is -1.73. The van der Waals surface area contributed by atoms with Gasteiger partial charge < -0.3 is 4.42 Å². The number of nitrogens with zero attached hydrogens (tertiary/aromatic N) is 3. The number of aryl methyl sites for hydroxylation is 3. The molecule has 0 radical (unpaired) electrons. The minimum absolute atomic E-state index is 0.366. The second-order valence-electron chi connectivity index (χ2n) is 6.41. The molecule has 2 aromatic rings. The van der Waals surface area contributed by atoms with Gasteiger partial charge >= 0.3 is 0 Å². The molecular weight excluding hydrogens is 326 g/mol. The van der Waals surface area contributed by atoms with Gasteiger partial charge in [-0.25, -0.2) is 8.42 Å². The normalized spacial score (nSPS) is 20.0. The predicted molar refractivity (Wildman–Crippen MR) is 90.1 cm³/mol. The fraction of sp³-hybridized carbons (Fsp3) is 0.529. The minimum atomic E-state index is -3.62. The summed E-state index contributed by atoms with van der Waals surface area (Å²) in [6.07, 6.45) is 3.49. The molecule has 0 aliphatic carbocycles. The van der Waals surface area contributed by atoms with Gasteiger partial charge in [0, 0.05) is 13.5 Å². The highest BCUT2D eigenvalue weighted by molar-refractivity contribution is 7.89. The average molecular weight is 349 g/mol. The topological polar surface area (TPSA) is 76.3 Å². The maximum absolute atomic E-state index is 13.3. The summed E-state index contributed by atoms with van der Waals surface area (Å²) in [6, 6.07) is 5.13. The van der Waals surface area contributed by atoms with Crippen LogP contribution in [0.2, 0.25) is 0 Å². The van der Waals surface area contributed by atoms with E-state index in [0.717, 1.165) is 30.4 Å². The fourth-order valence-corrected chi connectivity index (χ4v) is 5.14. The third kappa shape index (κ3) is 3.23. The monoisotopic (exact) mass is 349 g/mol. The Morgan fingerprint density at radius 1 is 1.12 bits per heavy atom. The lowest BCUT2D eigenvalue weighted by molar-refractivity contribution is 0.273. The van der Waals surface area contributed by atoms with Gasteiger partial charge in [-0.15, -0.1) is 10.2 Å². The molecule has 0 bridgehead atoms. The van der Waals surface area contributed by atoms with Crippen LogP contribution in [0.15, 0.2) is 27.5 Å². The minimum Gasteiger partial charge on any atom is -0.424 e. The lowest BCUT2D eigenvalue weighted by atomic mass is 10.1. The van der Waals surface area contributed by atoms with Crippen molar-refractivity contribution in [2.75, 3.05) is 6.54 Å². The molecule has 1 atom stereocenters. The van der Waals surface area contributed by atoms with Crippen LogP contribution in [0, 0.1) is 20.8 Å². The summed E-state index contributed by atoms with van der Waals surface area (Å²) >= 11 is 0. The van der Waals surface area contributed by atoms with Crippen molar-refractivity contribution in [1.82, 2.24) is 14.5 Å². The molecule has 0 N–H and O–H groups in total. The molecule has 1 fully saturated rings. The van der Waals surface area contributed by atoms with Crippen LogP contribution >= 0.6 is 0 Å². The van der Waals surface area contributed by atoms with Crippen LogP contribution in [0.5, 0.6) is 0 Å². The molecule has 1 unspecified atom stereocenters. The average Bonchev–Trinajstić information content (AvgIpc) is 2.82. The first-order chi connectivity index (χ1) is 11.4. The van der Waals surface area contributed by atoms with Gasteiger partial charge in [0.15, 0.2) is 0 Å². The Labute approximate surface area is 142 Å². The zero-order valence-corrected chi connectivity index (χ0v) is 15.1. The van der Waals surface area contributed by atoms with Crippen molar-refractivity contribution in [3.05, 3.63) is 41.1 Å². The maximum Gasteiger partial charge on any atom is 0.244 e. The second-order valence-corrected chi connectivity index (χ2v) is 8.27. The maximum atomic E-state index is 13.3. The van der Waals surface area contributed by atoms with E-state index in [4.69, 9.17) is 4.42 Å². The van der Waals surface area contributed by atoms with E-state index in [2.05, 4.69) is 10.2 Å². The largest absolute Gasteiger partial charge is 0.424 e. The van der Waals surface area contributed by atoms with Crippen molar-refractivity contribution < 1.29 is 12.8 Å². The summed E-state index contributed by atoms with van der Waals surface area (Å²) < 4.78 is 33.8. The van der Waals surface area contributed by atoms with Crippen LogP contribution in [0.25, 0.3) is 0 Å². The van der Waals surface area contributed by atoms with Gasteiger partial charge in [-0.2, -0.15) is 4.31 Å². The Morgan fingerprint density at radius 3 is 2.62 bits per heavy atom. The van der Waals surface area contributed by atoms with E-state index in [1.807, 2.05) is 26.0 Å². The van der Waals surface area contributed by atoms with E-state index in [1.165, 1.54) is 0 Å². The summed E-state index contributed by atoms with van der Waals surface area (Å²) in [5, 5.41) is 7.96. The van der Waals surface area contributed by atoms with Crippen LogP contribution in [0.3, 0.4) is 0 Å². The molecule has 1 aliphatic rings. The van der Waals surface area contributed by atoms with E-state index >= 15 is 0 Å². The number of hydrogen-bond donors (Lipinski definition) is 0. The van der Waals surface area contributed by atoms with E-state index < -0.39 is 16.1 Å². The summed E-state index contributed by atoms with van der Waals surface area (Å²) in [5.74, 6) is 0.849. The molecule has 1 saturated heterocycles. The zero-order valence-electron chi connectivity index (χ0n) is 14.3. The van der Waals surface area contributed by atoms with Gasteiger partial charge in [-0.3, -0.25) is 0 Å². The van der Waals surface area contributed by atoms with Crippen LogP contribution in [0.4, 0.5) is 0 Å². The first-order valence-electron chi connectivity index (χ1n) is 8.28. The number of rotatable bonds is 3. The van der Waals surface area contributed by atoms with Crippen LogP contribution in [-0.2, 0) is 10.0 Å². The molecule has 1 aromatic carbocycles. The van der Waals surface area contributed by atoms with E-state index in [9.17, 15) is 8.42 Å². The van der Waals surface area contributed by atoms with Gasteiger partial charge in [0.2, 0.25) is 21.8 Å². The number of aromatic nitrogens is 2. The lowest BCUT2D eigenvalue weighted by Crippen LogP contribution is -2.35. The molecule has 1 aliphatic heterocycles.